The first-order valence-corrected chi connectivity index (χ1v) is 11.6. The molecule has 2 aromatic carbocycles. The largest absolute Gasteiger partial charge is 0.497 e. The molecule has 1 spiro atoms. The number of hydrogen-bond acceptors (Lipinski definition) is 7. The molecule has 1 aliphatic heterocycles. The summed E-state index contributed by atoms with van der Waals surface area (Å²) in [6.45, 7) is 4.08. The summed E-state index contributed by atoms with van der Waals surface area (Å²) in [5, 5.41) is 14.9. The van der Waals surface area contributed by atoms with Gasteiger partial charge in [0.25, 0.3) is 0 Å². The Bertz CT molecular complexity index is 1480. The number of carbonyl (C=O) groups excluding carboxylic acids is 1. The van der Waals surface area contributed by atoms with Crippen LogP contribution in [0.2, 0.25) is 0 Å². The molecule has 2 aromatic heterocycles. The Hall–Kier alpha value is -4.14. The number of aromatic nitrogens is 4. The molecular formula is C26H26N6O3. The quantitative estimate of drug-likeness (QED) is 0.377. The van der Waals surface area contributed by atoms with Gasteiger partial charge in [-0.25, -0.2) is 9.97 Å². The molecule has 3 heterocycles. The third-order valence-corrected chi connectivity index (χ3v) is 7.06. The molecule has 1 saturated carbocycles. The fraction of sp³-hybridized carbons (Fsp3) is 0.308. The van der Waals surface area contributed by atoms with Crippen molar-refractivity contribution in [3.63, 3.8) is 0 Å². The molecule has 0 bridgehead atoms. The molecule has 3 N–H and O–H groups in total. The van der Waals surface area contributed by atoms with Crippen LogP contribution in [0, 0.1) is 0 Å². The van der Waals surface area contributed by atoms with Crippen molar-refractivity contribution in [3.8, 4) is 11.5 Å². The number of amides is 1. The Morgan fingerprint density at radius 2 is 1.97 bits per heavy atom. The number of carbonyl (C=O) groups is 1. The maximum absolute atomic E-state index is 13.0. The van der Waals surface area contributed by atoms with Crippen molar-refractivity contribution < 1.29 is 14.3 Å². The number of nitrogens with one attached hydrogen (secondary N) is 3. The van der Waals surface area contributed by atoms with E-state index in [1.165, 1.54) is 0 Å². The van der Waals surface area contributed by atoms with Gasteiger partial charge in [-0.1, -0.05) is 19.9 Å². The van der Waals surface area contributed by atoms with Gasteiger partial charge in [0, 0.05) is 22.9 Å². The highest BCUT2D eigenvalue weighted by Crippen LogP contribution is 2.65. The minimum absolute atomic E-state index is 0.0506. The van der Waals surface area contributed by atoms with Crippen molar-refractivity contribution in [1.82, 2.24) is 20.2 Å². The molecule has 0 radical (unpaired) electrons. The summed E-state index contributed by atoms with van der Waals surface area (Å²) >= 11 is 0. The van der Waals surface area contributed by atoms with Crippen LogP contribution in [0.1, 0.15) is 49.1 Å². The molecular weight excluding hydrogens is 444 g/mol. The van der Waals surface area contributed by atoms with Crippen LogP contribution < -0.4 is 20.1 Å². The first-order chi connectivity index (χ1) is 16.9. The topological polar surface area (TPSA) is 114 Å². The Balaban J connectivity index is 1.32. The van der Waals surface area contributed by atoms with Crippen LogP contribution in [0.4, 0.5) is 17.3 Å². The minimum Gasteiger partial charge on any atom is -0.497 e. The second kappa shape index (κ2) is 7.69. The second-order valence-corrected chi connectivity index (χ2v) is 9.40. The summed E-state index contributed by atoms with van der Waals surface area (Å²) < 4.78 is 10.8. The lowest BCUT2D eigenvalue weighted by molar-refractivity contribution is -0.118. The molecule has 2 atom stereocenters. The van der Waals surface area contributed by atoms with Gasteiger partial charge < -0.3 is 20.1 Å². The Morgan fingerprint density at radius 3 is 2.74 bits per heavy atom. The van der Waals surface area contributed by atoms with Gasteiger partial charge in [0.1, 0.15) is 11.6 Å². The lowest BCUT2D eigenvalue weighted by Crippen LogP contribution is -2.21. The highest BCUT2D eigenvalue weighted by Gasteiger charge is 2.65. The predicted molar refractivity (Wildman–Crippen MR) is 133 cm³/mol. The molecule has 1 amide bonds. The molecule has 1 aliphatic carbocycles. The van der Waals surface area contributed by atoms with E-state index in [0.29, 0.717) is 17.4 Å². The molecule has 6 rings (SSSR count). The van der Waals surface area contributed by atoms with Crippen molar-refractivity contribution in [2.45, 2.75) is 37.5 Å². The lowest BCUT2D eigenvalue weighted by atomic mass is 9.91. The normalized spacial score (nSPS) is 20.3. The average molecular weight is 471 g/mol. The van der Waals surface area contributed by atoms with Gasteiger partial charge in [0.15, 0.2) is 17.4 Å². The molecule has 35 heavy (non-hydrogen) atoms. The van der Waals surface area contributed by atoms with E-state index in [1.54, 1.807) is 20.4 Å². The number of ether oxygens (including phenoxy) is 2. The van der Waals surface area contributed by atoms with Crippen LogP contribution in [0.3, 0.4) is 0 Å². The Labute approximate surface area is 202 Å². The molecule has 1 fully saturated rings. The van der Waals surface area contributed by atoms with Gasteiger partial charge in [-0.05, 0) is 47.9 Å². The van der Waals surface area contributed by atoms with E-state index in [9.17, 15) is 4.79 Å². The van der Waals surface area contributed by atoms with E-state index in [2.05, 4.69) is 42.9 Å². The zero-order valence-corrected chi connectivity index (χ0v) is 20.0. The molecule has 4 aromatic rings. The standard InChI is InChI=1S/C26H26N6O3/c1-13(2)22-27-12-21(35-4)24(29-22)30-23-16-7-5-14(9-20(16)31-32-23)18-11-26(18)17-10-15(34-3)6-8-19(17)28-25(26)33/h5-10,12-13,18H,11H2,1-4H3,(H,28,33)(H2,27,29,30,31,32)/t18-,26-/m0/s1. The SMILES string of the molecule is COc1ccc2c(c1)[C@]1(C[C@H]1c1ccc3c(Nc4nc(C(C)C)ncc4OC)n[nH]c3c1)C(=O)N2. The fourth-order valence-corrected chi connectivity index (χ4v) is 5.06. The molecule has 0 saturated heterocycles. The molecule has 178 valence electrons. The first kappa shape index (κ1) is 21.4. The van der Waals surface area contributed by atoms with Crippen LogP contribution >= 0.6 is 0 Å². The molecule has 0 unspecified atom stereocenters. The van der Waals surface area contributed by atoms with E-state index in [1.807, 2.05) is 38.1 Å². The van der Waals surface area contributed by atoms with E-state index in [-0.39, 0.29) is 17.7 Å². The van der Waals surface area contributed by atoms with Crippen LogP contribution in [0.25, 0.3) is 10.9 Å². The predicted octanol–water partition coefficient (Wildman–Crippen LogP) is 4.61. The second-order valence-electron chi connectivity index (χ2n) is 9.40. The third kappa shape index (κ3) is 3.22. The summed E-state index contributed by atoms with van der Waals surface area (Å²) in [5.41, 5.74) is 3.32. The van der Waals surface area contributed by atoms with Crippen LogP contribution in [-0.4, -0.2) is 40.3 Å². The average Bonchev–Trinajstić information content (AvgIpc) is 3.42. The van der Waals surface area contributed by atoms with Crippen LogP contribution in [0.15, 0.2) is 42.6 Å². The van der Waals surface area contributed by atoms with Crippen molar-refractivity contribution in [3.05, 3.63) is 59.5 Å². The van der Waals surface area contributed by atoms with E-state index < -0.39 is 5.41 Å². The summed E-state index contributed by atoms with van der Waals surface area (Å²) in [6, 6.07) is 11.9. The highest BCUT2D eigenvalue weighted by atomic mass is 16.5. The van der Waals surface area contributed by atoms with Crippen molar-refractivity contribution in [1.29, 1.82) is 0 Å². The molecule has 2 aliphatic rings. The van der Waals surface area contributed by atoms with Gasteiger partial charge in [-0.2, -0.15) is 5.10 Å². The number of methoxy groups -OCH3 is 2. The number of benzene rings is 2. The number of H-pyrrole nitrogens is 1. The summed E-state index contributed by atoms with van der Waals surface area (Å²) in [5.74, 6) is 3.57. The first-order valence-electron chi connectivity index (χ1n) is 11.6. The monoisotopic (exact) mass is 470 g/mol. The van der Waals surface area contributed by atoms with E-state index >= 15 is 0 Å². The Kier molecular flexibility index (Phi) is 4.70. The molecule has 9 nitrogen and oxygen atoms in total. The maximum Gasteiger partial charge on any atom is 0.235 e. The number of aromatic amines is 1. The molecule has 9 heteroatoms. The van der Waals surface area contributed by atoms with Gasteiger partial charge >= 0.3 is 0 Å². The Morgan fingerprint density at radius 1 is 1.11 bits per heavy atom. The smallest absolute Gasteiger partial charge is 0.235 e. The summed E-state index contributed by atoms with van der Waals surface area (Å²) in [7, 11) is 3.23. The summed E-state index contributed by atoms with van der Waals surface area (Å²) in [4.78, 5) is 22.0. The number of fused-ring (bicyclic) bond motifs is 3. The van der Waals surface area contributed by atoms with Gasteiger partial charge in [-0.3, -0.25) is 9.89 Å². The minimum atomic E-state index is -0.541. The number of anilines is 3. The van der Waals surface area contributed by atoms with Gasteiger partial charge in [-0.15, -0.1) is 0 Å². The van der Waals surface area contributed by atoms with Gasteiger partial charge in [0.05, 0.1) is 31.3 Å². The maximum atomic E-state index is 13.0. The third-order valence-electron chi connectivity index (χ3n) is 7.06. The number of nitrogens with zero attached hydrogens (tertiary/aromatic N) is 3. The summed E-state index contributed by atoms with van der Waals surface area (Å²) in [6.07, 6.45) is 2.43. The van der Waals surface area contributed by atoms with E-state index in [0.717, 1.165) is 45.7 Å². The lowest BCUT2D eigenvalue weighted by Gasteiger charge is -2.12. The van der Waals surface area contributed by atoms with Gasteiger partial charge in [0.2, 0.25) is 5.91 Å². The van der Waals surface area contributed by atoms with Crippen molar-refractivity contribution in [2.75, 3.05) is 24.9 Å². The van der Waals surface area contributed by atoms with E-state index in [4.69, 9.17) is 9.47 Å². The number of hydrogen-bond donors (Lipinski definition) is 3. The van der Waals surface area contributed by atoms with Crippen LogP contribution in [-0.2, 0) is 10.2 Å². The zero-order chi connectivity index (χ0) is 24.3. The number of rotatable bonds is 6. The zero-order valence-electron chi connectivity index (χ0n) is 20.0. The highest BCUT2D eigenvalue weighted by molar-refractivity contribution is 6.10. The fourth-order valence-electron chi connectivity index (χ4n) is 5.06. The van der Waals surface area contributed by atoms with Crippen molar-refractivity contribution >= 4 is 34.1 Å². The van der Waals surface area contributed by atoms with Crippen LogP contribution in [0.5, 0.6) is 11.5 Å². The van der Waals surface area contributed by atoms with Crippen molar-refractivity contribution in [2.24, 2.45) is 0 Å².